The lowest BCUT2D eigenvalue weighted by Crippen LogP contribution is -2.45. The van der Waals surface area contributed by atoms with E-state index in [1.165, 1.54) is 0 Å². The number of pyridine rings is 1. The third kappa shape index (κ3) is 5.71. The van der Waals surface area contributed by atoms with E-state index in [2.05, 4.69) is 36.0 Å². The van der Waals surface area contributed by atoms with Crippen molar-refractivity contribution in [1.29, 1.82) is 0 Å². The molecule has 0 aliphatic carbocycles. The number of amides is 1. The first-order chi connectivity index (χ1) is 9.74. The van der Waals surface area contributed by atoms with Crippen molar-refractivity contribution in [2.24, 2.45) is 5.41 Å². The molecule has 1 N–H and O–H groups in total. The van der Waals surface area contributed by atoms with Crippen LogP contribution in [0.15, 0.2) is 18.3 Å². The Morgan fingerprint density at radius 2 is 2.05 bits per heavy atom. The van der Waals surface area contributed by atoms with Gasteiger partial charge in [-0.25, -0.2) is 4.98 Å². The van der Waals surface area contributed by atoms with Crippen molar-refractivity contribution in [2.75, 3.05) is 27.7 Å². The number of aromatic nitrogens is 1. The second-order valence-electron chi connectivity index (χ2n) is 6.57. The molecule has 1 atom stereocenters. The van der Waals surface area contributed by atoms with Gasteiger partial charge in [0.05, 0.1) is 12.7 Å². The summed E-state index contributed by atoms with van der Waals surface area (Å²) in [6, 6.07) is 3.53. The maximum Gasteiger partial charge on any atom is 0.253 e. The van der Waals surface area contributed by atoms with Crippen molar-refractivity contribution >= 4 is 5.91 Å². The number of ether oxygens (including phenoxy) is 1. The van der Waals surface area contributed by atoms with Crippen LogP contribution in [0.2, 0.25) is 0 Å². The van der Waals surface area contributed by atoms with Crippen molar-refractivity contribution in [1.82, 2.24) is 15.2 Å². The first kappa shape index (κ1) is 17.4. The van der Waals surface area contributed by atoms with Gasteiger partial charge in [-0.15, -0.1) is 0 Å². The second kappa shape index (κ2) is 7.41. The van der Waals surface area contributed by atoms with E-state index in [1.807, 2.05) is 14.1 Å². The molecule has 0 spiro atoms. The van der Waals surface area contributed by atoms with Gasteiger partial charge >= 0.3 is 0 Å². The summed E-state index contributed by atoms with van der Waals surface area (Å²) in [7, 11) is 5.63. The van der Waals surface area contributed by atoms with Crippen molar-refractivity contribution in [3.05, 3.63) is 23.9 Å². The van der Waals surface area contributed by atoms with Gasteiger partial charge in [0.1, 0.15) is 0 Å². The number of rotatable bonds is 6. The zero-order valence-electron chi connectivity index (χ0n) is 13.9. The van der Waals surface area contributed by atoms with Gasteiger partial charge in [-0.05, 0) is 38.5 Å². The van der Waals surface area contributed by atoms with Gasteiger partial charge in [-0.2, -0.15) is 0 Å². The Balaban J connectivity index is 2.74. The van der Waals surface area contributed by atoms with Crippen molar-refractivity contribution < 1.29 is 9.53 Å². The van der Waals surface area contributed by atoms with E-state index in [0.717, 1.165) is 13.0 Å². The number of hydrogen-bond donors (Lipinski definition) is 1. The molecule has 1 heterocycles. The highest BCUT2D eigenvalue weighted by Crippen LogP contribution is 2.22. The Kier molecular flexibility index (Phi) is 6.15. The molecule has 0 aliphatic rings. The van der Waals surface area contributed by atoms with Crippen LogP contribution in [0.5, 0.6) is 5.88 Å². The van der Waals surface area contributed by atoms with E-state index in [1.54, 1.807) is 25.4 Å². The summed E-state index contributed by atoms with van der Waals surface area (Å²) in [6.07, 6.45) is 2.45. The molecule has 0 fully saturated rings. The minimum absolute atomic E-state index is 0.00552. The molecule has 1 aromatic rings. The quantitative estimate of drug-likeness (QED) is 0.873. The highest BCUT2D eigenvalue weighted by atomic mass is 16.5. The number of nitrogens with one attached hydrogen (secondary N) is 1. The Labute approximate surface area is 127 Å². The van der Waals surface area contributed by atoms with Crippen LogP contribution in [0.4, 0.5) is 0 Å². The summed E-state index contributed by atoms with van der Waals surface area (Å²) >= 11 is 0. The highest BCUT2D eigenvalue weighted by Gasteiger charge is 2.26. The minimum Gasteiger partial charge on any atom is -0.481 e. The monoisotopic (exact) mass is 293 g/mol. The lowest BCUT2D eigenvalue weighted by atomic mass is 9.84. The Bertz CT molecular complexity index is 450. The molecular weight excluding hydrogens is 266 g/mol. The molecule has 5 heteroatoms. The molecule has 1 amide bonds. The second-order valence-corrected chi connectivity index (χ2v) is 6.57. The van der Waals surface area contributed by atoms with E-state index in [-0.39, 0.29) is 17.4 Å². The van der Waals surface area contributed by atoms with E-state index in [0.29, 0.717) is 11.4 Å². The average molecular weight is 293 g/mol. The predicted molar refractivity (Wildman–Crippen MR) is 84.7 cm³/mol. The fourth-order valence-corrected chi connectivity index (χ4v) is 1.99. The van der Waals surface area contributed by atoms with Gasteiger partial charge < -0.3 is 15.0 Å². The summed E-state index contributed by atoms with van der Waals surface area (Å²) in [5.74, 6) is 0.412. The zero-order valence-corrected chi connectivity index (χ0v) is 13.9. The summed E-state index contributed by atoms with van der Waals surface area (Å²) in [5, 5.41) is 3.12. The standard InChI is InChI=1S/C16H27N3O2/c1-16(2,3)13(9-10-19(4)5)18-15(20)12-7-8-14(21-6)17-11-12/h7-8,11,13H,9-10H2,1-6H3,(H,18,20)/t13-/m1/s1. The first-order valence-corrected chi connectivity index (χ1v) is 7.19. The number of nitrogens with zero attached hydrogens (tertiary/aromatic N) is 2. The topological polar surface area (TPSA) is 54.5 Å². The lowest BCUT2D eigenvalue weighted by molar-refractivity contribution is 0.0892. The number of methoxy groups -OCH3 is 1. The van der Waals surface area contributed by atoms with Crippen molar-refractivity contribution in [3.63, 3.8) is 0 Å². The van der Waals surface area contributed by atoms with Gasteiger partial charge in [-0.3, -0.25) is 4.79 Å². The molecule has 1 aromatic heterocycles. The smallest absolute Gasteiger partial charge is 0.253 e. The van der Waals surface area contributed by atoms with Gasteiger partial charge in [0.15, 0.2) is 0 Å². The molecular formula is C16H27N3O2. The molecule has 21 heavy (non-hydrogen) atoms. The van der Waals surface area contributed by atoms with Gasteiger partial charge in [-0.1, -0.05) is 20.8 Å². The molecule has 1 rings (SSSR count). The van der Waals surface area contributed by atoms with E-state index in [9.17, 15) is 4.79 Å². The van der Waals surface area contributed by atoms with Gasteiger partial charge in [0.2, 0.25) is 5.88 Å². The van der Waals surface area contributed by atoms with Crippen LogP contribution in [0, 0.1) is 5.41 Å². The third-order valence-electron chi connectivity index (χ3n) is 3.42. The Hall–Kier alpha value is -1.62. The number of carbonyl (C=O) groups is 1. The Morgan fingerprint density at radius 1 is 1.38 bits per heavy atom. The molecule has 0 saturated heterocycles. The summed E-state index contributed by atoms with van der Waals surface area (Å²) in [6.45, 7) is 7.35. The van der Waals surface area contributed by atoms with Crippen LogP contribution < -0.4 is 10.1 Å². The summed E-state index contributed by atoms with van der Waals surface area (Å²) in [4.78, 5) is 18.5. The highest BCUT2D eigenvalue weighted by molar-refractivity contribution is 5.94. The molecule has 0 aromatic carbocycles. The molecule has 118 valence electrons. The number of hydrogen-bond acceptors (Lipinski definition) is 4. The molecule has 0 aliphatic heterocycles. The molecule has 0 saturated carbocycles. The van der Waals surface area contributed by atoms with Gasteiger partial charge in [0, 0.05) is 18.3 Å². The van der Waals surface area contributed by atoms with Crippen molar-refractivity contribution in [3.8, 4) is 5.88 Å². The van der Waals surface area contributed by atoms with Crippen LogP contribution >= 0.6 is 0 Å². The SMILES string of the molecule is COc1ccc(C(=O)N[C@H](CCN(C)C)C(C)(C)C)cn1. The van der Waals surface area contributed by atoms with Crippen LogP contribution in [0.1, 0.15) is 37.6 Å². The van der Waals surface area contributed by atoms with E-state index >= 15 is 0 Å². The maximum atomic E-state index is 12.3. The molecule has 5 nitrogen and oxygen atoms in total. The minimum atomic E-state index is -0.0937. The van der Waals surface area contributed by atoms with Crippen LogP contribution in [-0.2, 0) is 0 Å². The maximum absolute atomic E-state index is 12.3. The average Bonchev–Trinajstić information content (AvgIpc) is 2.41. The van der Waals surface area contributed by atoms with Crippen LogP contribution in [0.3, 0.4) is 0 Å². The largest absolute Gasteiger partial charge is 0.481 e. The van der Waals surface area contributed by atoms with Crippen LogP contribution in [-0.4, -0.2) is 49.6 Å². The predicted octanol–water partition coefficient (Wildman–Crippen LogP) is 2.19. The van der Waals surface area contributed by atoms with Crippen molar-refractivity contribution in [2.45, 2.75) is 33.2 Å². The molecule has 0 radical (unpaired) electrons. The normalized spacial score (nSPS) is 13.1. The third-order valence-corrected chi connectivity index (χ3v) is 3.42. The van der Waals surface area contributed by atoms with Crippen LogP contribution in [0.25, 0.3) is 0 Å². The fraction of sp³-hybridized carbons (Fsp3) is 0.625. The number of carbonyl (C=O) groups excluding carboxylic acids is 1. The van der Waals surface area contributed by atoms with Gasteiger partial charge in [0.25, 0.3) is 5.91 Å². The first-order valence-electron chi connectivity index (χ1n) is 7.19. The summed E-state index contributed by atoms with van der Waals surface area (Å²) in [5.41, 5.74) is 0.556. The summed E-state index contributed by atoms with van der Waals surface area (Å²) < 4.78 is 5.00. The Morgan fingerprint density at radius 3 is 2.48 bits per heavy atom. The molecule has 0 bridgehead atoms. The lowest BCUT2D eigenvalue weighted by Gasteiger charge is -2.32. The fourth-order valence-electron chi connectivity index (χ4n) is 1.99. The van der Waals surface area contributed by atoms with E-state index < -0.39 is 0 Å². The molecule has 0 unspecified atom stereocenters. The van der Waals surface area contributed by atoms with E-state index in [4.69, 9.17) is 4.74 Å². The zero-order chi connectivity index (χ0) is 16.0.